The maximum atomic E-state index is 12.3. The Bertz CT molecular complexity index is 1190. The third kappa shape index (κ3) is 5.65. The molecule has 0 saturated carbocycles. The number of carbonyl (C=O) groups is 2. The van der Waals surface area contributed by atoms with E-state index in [0.29, 0.717) is 22.3 Å². The maximum absolute atomic E-state index is 12.3. The van der Waals surface area contributed by atoms with Crippen molar-refractivity contribution in [3.63, 3.8) is 0 Å². The molecule has 1 aromatic carbocycles. The summed E-state index contributed by atoms with van der Waals surface area (Å²) in [6.45, 7) is 1.58. The quantitative estimate of drug-likeness (QED) is 0.408. The van der Waals surface area contributed by atoms with E-state index < -0.39 is 18.5 Å². The molecule has 8 nitrogen and oxygen atoms in total. The Hall–Kier alpha value is -3.51. The van der Waals surface area contributed by atoms with Gasteiger partial charge in [-0.1, -0.05) is 24.1 Å². The van der Waals surface area contributed by atoms with Gasteiger partial charge in [0, 0.05) is 16.9 Å². The highest BCUT2D eigenvalue weighted by atomic mass is 32.1. The molecule has 9 heteroatoms. The van der Waals surface area contributed by atoms with Crippen LogP contribution in [0.1, 0.15) is 53.1 Å². The highest BCUT2D eigenvalue weighted by molar-refractivity contribution is 7.16. The fourth-order valence-corrected chi connectivity index (χ4v) is 4.96. The number of esters is 1. The molecule has 1 aliphatic carbocycles. The van der Waals surface area contributed by atoms with Crippen molar-refractivity contribution >= 4 is 28.2 Å². The zero-order valence-corrected chi connectivity index (χ0v) is 19.2. The van der Waals surface area contributed by atoms with E-state index in [9.17, 15) is 14.9 Å². The lowest BCUT2D eigenvalue weighted by Crippen LogP contribution is -2.21. The molecule has 2 aromatic heterocycles. The molecule has 0 saturated heterocycles. The number of benzene rings is 1. The molecule has 0 bridgehead atoms. The molecular weight excluding hydrogens is 440 g/mol. The van der Waals surface area contributed by atoms with Gasteiger partial charge in [0.15, 0.2) is 6.61 Å². The second kappa shape index (κ2) is 10.4. The number of amides is 1. The summed E-state index contributed by atoms with van der Waals surface area (Å²) >= 11 is 1.45. The molecule has 0 unspecified atom stereocenters. The van der Waals surface area contributed by atoms with Crippen molar-refractivity contribution in [1.29, 1.82) is 5.26 Å². The minimum atomic E-state index is -0.539. The molecule has 0 fully saturated rings. The average Bonchev–Trinajstić information content (AvgIpc) is 3.34. The summed E-state index contributed by atoms with van der Waals surface area (Å²) in [7, 11) is 0. The Morgan fingerprint density at radius 3 is 2.76 bits per heavy atom. The molecule has 3 aromatic rings. The van der Waals surface area contributed by atoms with Crippen molar-refractivity contribution in [1.82, 2.24) is 10.2 Å². The first-order valence-electron chi connectivity index (χ1n) is 10.9. The van der Waals surface area contributed by atoms with E-state index in [1.807, 2.05) is 31.2 Å². The Balaban J connectivity index is 1.25. The lowest BCUT2D eigenvalue weighted by molar-refractivity contribution is -0.147. The standard InChI is InChI=1S/C24H24N4O4S/c1-15-7-9-16(10-8-15)23-28-27-21(32-23)11-12-22(30)31-14-20(29)26-24-18(13-25)17-5-3-2-4-6-19(17)33-24/h7-10H,2-6,11-12,14H2,1H3,(H,26,29). The highest BCUT2D eigenvalue weighted by Crippen LogP contribution is 2.36. The van der Waals surface area contributed by atoms with Crippen LogP contribution in [0.3, 0.4) is 0 Å². The first-order chi connectivity index (χ1) is 16.0. The van der Waals surface area contributed by atoms with Gasteiger partial charge in [-0.2, -0.15) is 5.26 Å². The topological polar surface area (TPSA) is 118 Å². The van der Waals surface area contributed by atoms with Crippen molar-refractivity contribution in [3.8, 4) is 17.5 Å². The van der Waals surface area contributed by atoms with Gasteiger partial charge in [-0.15, -0.1) is 21.5 Å². The van der Waals surface area contributed by atoms with Crippen LogP contribution >= 0.6 is 11.3 Å². The van der Waals surface area contributed by atoms with Gasteiger partial charge in [0.25, 0.3) is 5.91 Å². The van der Waals surface area contributed by atoms with Crippen LogP contribution in [-0.4, -0.2) is 28.7 Å². The number of nitrogens with zero attached hydrogens (tertiary/aromatic N) is 3. The summed E-state index contributed by atoms with van der Waals surface area (Å²) in [5.74, 6) is -0.287. The number of aromatic nitrogens is 2. The summed E-state index contributed by atoms with van der Waals surface area (Å²) in [5.41, 5.74) is 3.53. The van der Waals surface area contributed by atoms with Gasteiger partial charge in [0.05, 0.1) is 12.0 Å². The molecule has 1 amide bonds. The summed E-state index contributed by atoms with van der Waals surface area (Å²) in [6.07, 6.45) is 5.32. The van der Waals surface area contributed by atoms with E-state index in [0.717, 1.165) is 48.8 Å². The van der Waals surface area contributed by atoms with Gasteiger partial charge in [0.2, 0.25) is 11.8 Å². The number of fused-ring (bicyclic) bond motifs is 1. The van der Waals surface area contributed by atoms with E-state index in [-0.39, 0.29) is 12.8 Å². The van der Waals surface area contributed by atoms with Crippen LogP contribution in [0, 0.1) is 18.3 Å². The predicted molar refractivity (Wildman–Crippen MR) is 123 cm³/mol. The van der Waals surface area contributed by atoms with E-state index in [2.05, 4.69) is 21.6 Å². The second-order valence-corrected chi connectivity index (χ2v) is 9.06. The van der Waals surface area contributed by atoms with Crippen LogP contribution < -0.4 is 5.32 Å². The number of carbonyl (C=O) groups excluding carboxylic acids is 2. The number of hydrogen-bond donors (Lipinski definition) is 1. The number of thiophene rings is 1. The van der Waals surface area contributed by atoms with Crippen LogP contribution in [0.25, 0.3) is 11.5 Å². The number of aryl methyl sites for hydroxylation is 3. The van der Waals surface area contributed by atoms with Crippen molar-refractivity contribution in [3.05, 3.63) is 51.7 Å². The van der Waals surface area contributed by atoms with Gasteiger partial charge in [-0.3, -0.25) is 9.59 Å². The lowest BCUT2D eigenvalue weighted by atomic mass is 10.1. The summed E-state index contributed by atoms with van der Waals surface area (Å²) in [4.78, 5) is 25.5. The van der Waals surface area contributed by atoms with Gasteiger partial charge < -0.3 is 14.5 Å². The molecule has 1 N–H and O–H groups in total. The summed E-state index contributed by atoms with van der Waals surface area (Å²) in [5, 5.41) is 20.8. The molecule has 170 valence electrons. The van der Waals surface area contributed by atoms with Crippen LogP contribution in [0.15, 0.2) is 28.7 Å². The molecule has 0 atom stereocenters. The minimum absolute atomic E-state index is 0.0134. The first-order valence-corrected chi connectivity index (χ1v) is 11.7. The van der Waals surface area contributed by atoms with Crippen molar-refractivity contribution in [2.45, 2.75) is 51.9 Å². The average molecular weight is 465 g/mol. The van der Waals surface area contributed by atoms with E-state index in [4.69, 9.17) is 9.15 Å². The predicted octanol–water partition coefficient (Wildman–Crippen LogP) is 4.36. The normalized spacial score (nSPS) is 13.0. The zero-order valence-electron chi connectivity index (χ0n) is 18.3. The lowest BCUT2D eigenvalue weighted by Gasteiger charge is -2.05. The van der Waals surface area contributed by atoms with Crippen molar-refractivity contribution in [2.75, 3.05) is 11.9 Å². The van der Waals surface area contributed by atoms with Gasteiger partial charge in [-0.05, 0) is 50.3 Å². The minimum Gasteiger partial charge on any atom is -0.456 e. The Morgan fingerprint density at radius 2 is 1.97 bits per heavy atom. The third-order valence-electron chi connectivity index (χ3n) is 5.46. The van der Waals surface area contributed by atoms with Gasteiger partial charge in [-0.25, -0.2) is 0 Å². The zero-order chi connectivity index (χ0) is 23.2. The van der Waals surface area contributed by atoms with E-state index >= 15 is 0 Å². The van der Waals surface area contributed by atoms with Crippen LogP contribution in [0.2, 0.25) is 0 Å². The van der Waals surface area contributed by atoms with Crippen molar-refractivity contribution in [2.24, 2.45) is 0 Å². The van der Waals surface area contributed by atoms with E-state index in [1.165, 1.54) is 16.2 Å². The molecule has 4 rings (SSSR count). The van der Waals surface area contributed by atoms with Crippen molar-refractivity contribution < 1.29 is 18.7 Å². The Morgan fingerprint density at radius 1 is 1.18 bits per heavy atom. The number of rotatable bonds is 7. The molecule has 0 aliphatic heterocycles. The number of anilines is 1. The Kier molecular flexibility index (Phi) is 7.15. The van der Waals surface area contributed by atoms with Crippen LogP contribution in [0.4, 0.5) is 5.00 Å². The number of hydrogen-bond acceptors (Lipinski definition) is 8. The van der Waals surface area contributed by atoms with E-state index in [1.54, 1.807) is 0 Å². The second-order valence-electron chi connectivity index (χ2n) is 7.96. The van der Waals surface area contributed by atoms with Crippen LogP contribution in [0.5, 0.6) is 0 Å². The fraction of sp³-hybridized carbons (Fsp3) is 0.375. The largest absolute Gasteiger partial charge is 0.456 e. The summed E-state index contributed by atoms with van der Waals surface area (Å²) in [6, 6.07) is 9.91. The number of nitriles is 1. The van der Waals surface area contributed by atoms with Crippen LogP contribution in [-0.2, 0) is 33.6 Å². The monoisotopic (exact) mass is 464 g/mol. The molecule has 33 heavy (non-hydrogen) atoms. The molecule has 1 aliphatic rings. The molecule has 0 radical (unpaired) electrons. The number of nitrogens with one attached hydrogen (secondary N) is 1. The smallest absolute Gasteiger partial charge is 0.306 e. The van der Waals surface area contributed by atoms with Gasteiger partial charge >= 0.3 is 5.97 Å². The molecule has 2 heterocycles. The molecule has 0 spiro atoms. The third-order valence-corrected chi connectivity index (χ3v) is 6.67. The SMILES string of the molecule is Cc1ccc(-c2nnc(CCC(=O)OCC(=O)Nc3sc4c(c3C#N)CCCCC4)o2)cc1. The highest BCUT2D eigenvalue weighted by Gasteiger charge is 2.21. The number of ether oxygens (including phenoxy) is 1. The fourth-order valence-electron chi connectivity index (χ4n) is 3.71. The Labute approximate surface area is 195 Å². The first kappa shape index (κ1) is 22.7. The maximum Gasteiger partial charge on any atom is 0.306 e. The van der Waals surface area contributed by atoms with Gasteiger partial charge in [0.1, 0.15) is 11.1 Å². The molecular formula is C24H24N4O4S. The summed E-state index contributed by atoms with van der Waals surface area (Å²) < 4.78 is 10.7.